The first kappa shape index (κ1) is 34.1. The van der Waals surface area contributed by atoms with Crippen LogP contribution in [0.5, 0.6) is 0 Å². The minimum Gasteiger partial charge on any atom is -0.481 e. The van der Waals surface area contributed by atoms with E-state index in [1.165, 1.54) is 44.9 Å². The predicted molar refractivity (Wildman–Crippen MR) is 128 cm³/mol. The molecule has 0 aliphatic carbocycles. The van der Waals surface area contributed by atoms with Gasteiger partial charge in [0.25, 0.3) is 0 Å². The molecule has 13 nitrogen and oxygen atoms in total. The Kier molecular flexibility index (Phi) is 16.2. The van der Waals surface area contributed by atoms with Crippen LogP contribution < -0.4 is 0 Å². The number of aliphatic carboxylic acids is 1. The van der Waals surface area contributed by atoms with Crippen molar-refractivity contribution in [1.29, 1.82) is 0 Å². The van der Waals surface area contributed by atoms with Crippen molar-refractivity contribution in [2.45, 2.75) is 126 Å². The number of aliphatic hydroxyl groups is 8. The van der Waals surface area contributed by atoms with E-state index in [9.17, 15) is 40.5 Å². The molecule has 0 saturated carbocycles. The Bertz CT molecular complexity index is 623. The number of carboxylic acids is 1. The van der Waals surface area contributed by atoms with Crippen molar-refractivity contribution in [1.82, 2.24) is 0 Å². The maximum Gasteiger partial charge on any atom is 0.303 e. The lowest BCUT2D eigenvalue weighted by atomic mass is 9.95. The van der Waals surface area contributed by atoms with Crippen LogP contribution in [0.4, 0.5) is 0 Å². The summed E-state index contributed by atoms with van der Waals surface area (Å²) in [6, 6.07) is 0. The van der Waals surface area contributed by atoms with Crippen molar-refractivity contribution in [3.8, 4) is 0 Å². The van der Waals surface area contributed by atoms with Gasteiger partial charge in [-0.25, -0.2) is 0 Å². The Morgan fingerprint density at radius 1 is 0.865 bits per heavy atom. The zero-order chi connectivity index (χ0) is 28.0. The summed E-state index contributed by atoms with van der Waals surface area (Å²) in [5.41, 5.74) is 0. The van der Waals surface area contributed by atoms with Crippen molar-refractivity contribution in [2.75, 3.05) is 19.8 Å². The highest BCUT2D eigenvalue weighted by molar-refractivity contribution is 5.66. The van der Waals surface area contributed by atoms with Crippen LogP contribution in [0.2, 0.25) is 0 Å². The second-order valence-electron chi connectivity index (χ2n) is 9.57. The molecule has 9 N–H and O–H groups in total. The van der Waals surface area contributed by atoms with E-state index in [0.29, 0.717) is 6.42 Å². The highest BCUT2D eigenvalue weighted by atomic mass is 16.8. The first-order chi connectivity index (χ1) is 17.5. The third-order valence-corrected chi connectivity index (χ3v) is 6.56. The lowest BCUT2D eigenvalue weighted by Gasteiger charge is -2.48. The Labute approximate surface area is 217 Å². The van der Waals surface area contributed by atoms with Crippen LogP contribution in [-0.4, -0.2) is 127 Å². The van der Waals surface area contributed by atoms with Gasteiger partial charge in [-0.3, -0.25) is 4.79 Å². The monoisotopic (exact) mass is 542 g/mol. The van der Waals surface area contributed by atoms with Gasteiger partial charge < -0.3 is 60.2 Å². The second kappa shape index (κ2) is 17.6. The Hall–Kier alpha value is -0.970. The maximum absolute atomic E-state index is 10.2. The number of ether oxygens (including phenoxy) is 3. The van der Waals surface area contributed by atoms with Gasteiger partial charge in [0.1, 0.15) is 49.3 Å². The number of hydrogen-bond acceptors (Lipinski definition) is 12. The molecule has 0 aromatic carbocycles. The lowest BCUT2D eigenvalue weighted by molar-refractivity contribution is -0.399. The molecule has 0 radical (unpaired) electrons. The van der Waals surface area contributed by atoms with E-state index in [4.69, 9.17) is 24.4 Å². The largest absolute Gasteiger partial charge is 0.481 e. The van der Waals surface area contributed by atoms with Gasteiger partial charge in [-0.2, -0.15) is 0 Å². The number of carboxylic acid groups (broad SMARTS) is 1. The number of aliphatic hydroxyl groups excluding tert-OH is 8. The third kappa shape index (κ3) is 10.6. The van der Waals surface area contributed by atoms with Gasteiger partial charge >= 0.3 is 5.97 Å². The van der Waals surface area contributed by atoms with Crippen molar-refractivity contribution >= 4 is 5.97 Å². The molecule has 13 heteroatoms. The summed E-state index contributed by atoms with van der Waals surface area (Å²) in [4.78, 5) is 10.2. The van der Waals surface area contributed by atoms with Crippen LogP contribution in [0, 0.1) is 0 Å². The van der Waals surface area contributed by atoms with Crippen molar-refractivity contribution in [3.63, 3.8) is 0 Å². The van der Waals surface area contributed by atoms with E-state index >= 15 is 0 Å². The number of hydrogen-bond donors (Lipinski definition) is 9. The first-order valence-corrected chi connectivity index (χ1v) is 13.0. The van der Waals surface area contributed by atoms with Crippen LogP contribution in [-0.2, 0) is 19.0 Å². The van der Waals surface area contributed by atoms with Crippen LogP contribution >= 0.6 is 0 Å². The van der Waals surface area contributed by atoms with Crippen LogP contribution in [0.1, 0.15) is 71.1 Å². The SMILES string of the molecule is CCCCCCCCCCCC(=O)O.OC[C@H]1O[C@H](O)[C@H](OC2(CO)OC[C@@H](O)[C@@H](O)[C@@H]2O)[C@@H](O)[C@@H]1O. The minimum absolute atomic E-state index is 0.343. The standard InChI is InChI=1S/C12H22O11.C12H24O2/c13-1-5-7(17)8(18)9(11(20)22-5)23-12(3-14)10(19)6(16)4(15)2-21-12;1-2-3-4-5-6-7-8-9-10-11-12(13)14/h4-11,13-20H,1-3H2;2-11H2,1H3,(H,13,14)/t4-,5-,6-,7-,8+,9-,10+,11+,12?;/m1./s1. The van der Waals surface area contributed by atoms with Crippen LogP contribution in [0.3, 0.4) is 0 Å². The molecule has 0 bridgehead atoms. The molecule has 220 valence electrons. The first-order valence-electron chi connectivity index (χ1n) is 13.0. The maximum atomic E-state index is 10.2. The summed E-state index contributed by atoms with van der Waals surface area (Å²) in [6.07, 6.45) is -1.62. The van der Waals surface area contributed by atoms with Gasteiger partial charge in [0, 0.05) is 6.42 Å². The summed E-state index contributed by atoms with van der Waals surface area (Å²) < 4.78 is 15.2. The predicted octanol–water partition coefficient (Wildman–Crippen LogP) is -1.40. The van der Waals surface area contributed by atoms with Gasteiger partial charge in [-0.05, 0) is 6.42 Å². The smallest absolute Gasteiger partial charge is 0.303 e. The van der Waals surface area contributed by atoms with E-state index in [-0.39, 0.29) is 0 Å². The van der Waals surface area contributed by atoms with Crippen molar-refractivity contribution in [2.24, 2.45) is 0 Å². The van der Waals surface area contributed by atoms with E-state index in [1.54, 1.807) is 0 Å². The summed E-state index contributed by atoms with van der Waals surface area (Å²) in [5.74, 6) is -2.91. The molecule has 2 aliphatic rings. The molecule has 9 atom stereocenters. The molecule has 0 aromatic rings. The van der Waals surface area contributed by atoms with E-state index in [2.05, 4.69) is 6.92 Å². The Balaban J connectivity index is 0.000000422. The highest BCUT2D eigenvalue weighted by Gasteiger charge is 2.55. The quantitative estimate of drug-likeness (QED) is 0.115. The number of carbonyl (C=O) groups is 1. The van der Waals surface area contributed by atoms with Crippen molar-refractivity contribution in [3.05, 3.63) is 0 Å². The fourth-order valence-corrected chi connectivity index (χ4v) is 4.18. The Morgan fingerprint density at radius 3 is 1.95 bits per heavy atom. The van der Waals surface area contributed by atoms with Gasteiger partial charge in [0.2, 0.25) is 5.79 Å². The summed E-state index contributed by atoms with van der Waals surface area (Å²) in [6.45, 7) is 0.0941. The van der Waals surface area contributed by atoms with Gasteiger partial charge in [-0.15, -0.1) is 0 Å². The normalized spacial score (nSPS) is 36.0. The zero-order valence-electron chi connectivity index (χ0n) is 21.5. The molecule has 0 aromatic heterocycles. The lowest BCUT2D eigenvalue weighted by Crippen LogP contribution is -2.68. The Morgan fingerprint density at radius 2 is 1.43 bits per heavy atom. The zero-order valence-corrected chi connectivity index (χ0v) is 21.5. The molecular formula is C24H46O13. The number of unbranched alkanes of at least 4 members (excludes halogenated alkanes) is 8. The molecule has 2 fully saturated rings. The topological polar surface area (TPSA) is 227 Å². The molecule has 2 rings (SSSR count). The number of rotatable bonds is 14. The fourth-order valence-electron chi connectivity index (χ4n) is 4.18. The second-order valence-corrected chi connectivity index (χ2v) is 9.57. The molecule has 0 spiro atoms. The molecule has 0 amide bonds. The highest BCUT2D eigenvalue weighted by Crippen LogP contribution is 2.32. The van der Waals surface area contributed by atoms with Gasteiger partial charge in [0.15, 0.2) is 6.29 Å². The van der Waals surface area contributed by atoms with Crippen LogP contribution in [0.15, 0.2) is 0 Å². The molecule has 37 heavy (non-hydrogen) atoms. The van der Waals surface area contributed by atoms with E-state index in [1.807, 2.05) is 0 Å². The summed E-state index contributed by atoms with van der Waals surface area (Å²) in [7, 11) is 0. The minimum atomic E-state index is -2.25. The molecular weight excluding hydrogens is 496 g/mol. The van der Waals surface area contributed by atoms with Crippen LogP contribution in [0.25, 0.3) is 0 Å². The average molecular weight is 543 g/mol. The summed E-state index contributed by atoms with van der Waals surface area (Å²) >= 11 is 0. The fraction of sp³-hybridized carbons (Fsp3) is 0.958. The van der Waals surface area contributed by atoms with E-state index < -0.39 is 80.6 Å². The molecule has 2 aliphatic heterocycles. The average Bonchev–Trinajstić information content (AvgIpc) is 2.88. The van der Waals surface area contributed by atoms with Gasteiger partial charge in [-0.1, -0.05) is 58.3 Å². The van der Waals surface area contributed by atoms with Gasteiger partial charge in [0.05, 0.1) is 13.2 Å². The van der Waals surface area contributed by atoms with E-state index in [0.717, 1.165) is 12.8 Å². The summed E-state index contributed by atoms with van der Waals surface area (Å²) in [5, 5.41) is 85.6. The third-order valence-electron chi connectivity index (χ3n) is 6.56. The van der Waals surface area contributed by atoms with Crippen molar-refractivity contribution < 1.29 is 65.0 Å². The molecule has 2 saturated heterocycles. The molecule has 1 unspecified atom stereocenters. The molecule has 2 heterocycles.